The summed E-state index contributed by atoms with van der Waals surface area (Å²) in [7, 11) is 0. The van der Waals surface area contributed by atoms with Gasteiger partial charge in [-0.3, -0.25) is 14.4 Å². The standard InChI is InChI=1S/C16H23NO5/c1-5-15(20)22-13(7-6-10(2)3)8-12-9-14(19)17(11(4)18)16(12)21/h5,10,12-13H,1,6-9H2,2-4H3. The van der Waals surface area contributed by atoms with Crippen LogP contribution in [0.2, 0.25) is 0 Å². The molecule has 1 aliphatic rings. The third-order valence-corrected chi connectivity index (χ3v) is 3.62. The van der Waals surface area contributed by atoms with Crippen LogP contribution in [-0.4, -0.2) is 34.7 Å². The van der Waals surface area contributed by atoms with E-state index in [4.69, 9.17) is 4.74 Å². The molecule has 1 heterocycles. The molecule has 22 heavy (non-hydrogen) atoms. The highest BCUT2D eigenvalue weighted by Gasteiger charge is 2.42. The molecule has 0 bridgehead atoms. The summed E-state index contributed by atoms with van der Waals surface area (Å²) in [4.78, 5) is 47.2. The van der Waals surface area contributed by atoms with Crippen molar-refractivity contribution in [1.82, 2.24) is 4.90 Å². The minimum atomic E-state index is -0.605. The normalized spacial score (nSPS) is 19.5. The molecule has 6 nitrogen and oxygen atoms in total. The molecule has 1 fully saturated rings. The number of amides is 3. The van der Waals surface area contributed by atoms with Crippen molar-refractivity contribution in [2.75, 3.05) is 0 Å². The molecule has 0 aromatic rings. The summed E-state index contributed by atoms with van der Waals surface area (Å²) in [6.07, 6.45) is 2.30. The van der Waals surface area contributed by atoms with E-state index in [1.165, 1.54) is 6.92 Å². The zero-order chi connectivity index (χ0) is 16.9. The van der Waals surface area contributed by atoms with E-state index in [-0.39, 0.29) is 12.8 Å². The molecule has 122 valence electrons. The number of imide groups is 3. The van der Waals surface area contributed by atoms with Gasteiger partial charge in [0.15, 0.2) is 0 Å². The van der Waals surface area contributed by atoms with Gasteiger partial charge < -0.3 is 4.74 Å². The van der Waals surface area contributed by atoms with E-state index in [0.29, 0.717) is 17.2 Å². The summed E-state index contributed by atoms with van der Waals surface area (Å²) < 4.78 is 5.27. The largest absolute Gasteiger partial charge is 0.459 e. The SMILES string of the molecule is C=CC(=O)OC(CCC(C)C)CC1CC(=O)N(C(C)=O)C1=O. The molecule has 1 saturated heterocycles. The molecule has 0 aromatic heterocycles. The highest BCUT2D eigenvalue weighted by Crippen LogP contribution is 2.27. The first-order valence-electron chi connectivity index (χ1n) is 7.46. The van der Waals surface area contributed by atoms with Crippen LogP contribution in [0.3, 0.4) is 0 Å². The van der Waals surface area contributed by atoms with Gasteiger partial charge in [0, 0.05) is 19.4 Å². The molecule has 0 aromatic carbocycles. The number of ether oxygens (including phenoxy) is 1. The van der Waals surface area contributed by atoms with Gasteiger partial charge in [-0.1, -0.05) is 20.4 Å². The van der Waals surface area contributed by atoms with Crippen molar-refractivity contribution < 1.29 is 23.9 Å². The zero-order valence-electron chi connectivity index (χ0n) is 13.3. The number of hydrogen-bond donors (Lipinski definition) is 0. The first-order valence-corrected chi connectivity index (χ1v) is 7.46. The summed E-state index contributed by atoms with van der Waals surface area (Å²) in [6.45, 7) is 8.64. The Labute approximate surface area is 130 Å². The lowest BCUT2D eigenvalue weighted by Crippen LogP contribution is -2.35. The number of nitrogens with zero attached hydrogens (tertiary/aromatic N) is 1. The van der Waals surface area contributed by atoms with Crippen LogP contribution in [0.25, 0.3) is 0 Å². The molecule has 0 spiro atoms. The summed E-state index contributed by atoms with van der Waals surface area (Å²) in [5.74, 6) is -2.28. The topological polar surface area (TPSA) is 80.8 Å². The van der Waals surface area contributed by atoms with Crippen molar-refractivity contribution in [2.45, 2.75) is 52.6 Å². The fourth-order valence-corrected chi connectivity index (χ4v) is 2.48. The van der Waals surface area contributed by atoms with Crippen molar-refractivity contribution in [3.05, 3.63) is 12.7 Å². The highest BCUT2D eigenvalue weighted by molar-refractivity contribution is 6.15. The van der Waals surface area contributed by atoms with Crippen molar-refractivity contribution in [2.24, 2.45) is 11.8 Å². The minimum Gasteiger partial charge on any atom is -0.459 e. The Balaban J connectivity index is 2.74. The third kappa shape index (κ3) is 4.79. The van der Waals surface area contributed by atoms with E-state index in [9.17, 15) is 19.2 Å². The van der Waals surface area contributed by atoms with Crippen molar-refractivity contribution in [1.29, 1.82) is 0 Å². The summed E-state index contributed by atoms with van der Waals surface area (Å²) in [5, 5.41) is 0. The van der Waals surface area contributed by atoms with Crippen LogP contribution < -0.4 is 0 Å². The van der Waals surface area contributed by atoms with Crippen LogP contribution in [0.4, 0.5) is 0 Å². The molecular formula is C16H23NO5. The van der Waals surface area contributed by atoms with E-state index < -0.39 is 35.7 Å². The number of hydrogen-bond acceptors (Lipinski definition) is 5. The number of likely N-dealkylation sites (tertiary alicyclic amines) is 1. The summed E-state index contributed by atoms with van der Waals surface area (Å²) >= 11 is 0. The Morgan fingerprint density at radius 3 is 2.45 bits per heavy atom. The average molecular weight is 309 g/mol. The van der Waals surface area contributed by atoms with Crippen LogP contribution in [0, 0.1) is 11.8 Å². The second-order valence-electron chi connectivity index (χ2n) is 5.96. The van der Waals surface area contributed by atoms with E-state index in [0.717, 1.165) is 12.5 Å². The Morgan fingerprint density at radius 1 is 1.36 bits per heavy atom. The van der Waals surface area contributed by atoms with Gasteiger partial charge in [0.1, 0.15) is 6.10 Å². The first kappa shape index (κ1) is 18.1. The lowest BCUT2D eigenvalue weighted by molar-refractivity contribution is -0.151. The van der Waals surface area contributed by atoms with Crippen LogP contribution in [-0.2, 0) is 23.9 Å². The molecule has 2 atom stereocenters. The fraction of sp³-hybridized carbons (Fsp3) is 0.625. The Kier molecular flexibility index (Phi) is 6.46. The number of rotatable bonds is 7. The van der Waals surface area contributed by atoms with Gasteiger partial charge in [0.2, 0.25) is 17.7 Å². The van der Waals surface area contributed by atoms with Gasteiger partial charge in [-0.25, -0.2) is 9.69 Å². The summed E-state index contributed by atoms with van der Waals surface area (Å²) in [5.41, 5.74) is 0. The molecule has 0 N–H and O–H groups in total. The summed E-state index contributed by atoms with van der Waals surface area (Å²) in [6, 6.07) is 0. The van der Waals surface area contributed by atoms with Crippen LogP contribution in [0.15, 0.2) is 12.7 Å². The van der Waals surface area contributed by atoms with E-state index in [2.05, 4.69) is 6.58 Å². The molecular weight excluding hydrogens is 286 g/mol. The van der Waals surface area contributed by atoms with Crippen LogP contribution >= 0.6 is 0 Å². The third-order valence-electron chi connectivity index (χ3n) is 3.62. The molecule has 0 radical (unpaired) electrons. The lowest BCUT2D eigenvalue weighted by Gasteiger charge is -2.20. The number of carbonyl (C=O) groups excluding carboxylic acids is 4. The van der Waals surface area contributed by atoms with Gasteiger partial charge >= 0.3 is 5.97 Å². The maximum Gasteiger partial charge on any atom is 0.330 e. The van der Waals surface area contributed by atoms with E-state index in [1.54, 1.807) is 0 Å². The number of esters is 1. The molecule has 0 saturated carbocycles. The van der Waals surface area contributed by atoms with E-state index >= 15 is 0 Å². The van der Waals surface area contributed by atoms with Crippen molar-refractivity contribution >= 4 is 23.7 Å². The lowest BCUT2D eigenvalue weighted by atomic mass is 9.95. The molecule has 3 amide bonds. The predicted molar refractivity (Wildman–Crippen MR) is 79.4 cm³/mol. The average Bonchev–Trinajstić information content (AvgIpc) is 2.70. The molecule has 2 unspecified atom stereocenters. The zero-order valence-corrected chi connectivity index (χ0v) is 13.3. The van der Waals surface area contributed by atoms with Gasteiger partial charge in [-0.05, 0) is 25.2 Å². The quantitative estimate of drug-likeness (QED) is 0.407. The maximum absolute atomic E-state index is 12.1. The second-order valence-corrected chi connectivity index (χ2v) is 5.96. The van der Waals surface area contributed by atoms with Crippen LogP contribution in [0.1, 0.15) is 46.5 Å². The number of carbonyl (C=O) groups is 4. The second kappa shape index (κ2) is 7.87. The van der Waals surface area contributed by atoms with Gasteiger partial charge in [0.25, 0.3) is 0 Å². The maximum atomic E-state index is 12.1. The Bertz CT molecular complexity index is 483. The Morgan fingerprint density at radius 2 is 2.00 bits per heavy atom. The molecule has 1 aliphatic heterocycles. The molecule has 0 aliphatic carbocycles. The smallest absolute Gasteiger partial charge is 0.330 e. The molecule has 6 heteroatoms. The van der Waals surface area contributed by atoms with Gasteiger partial charge in [0.05, 0.1) is 5.92 Å². The molecule has 1 rings (SSSR count). The van der Waals surface area contributed by atoms with E-state index in [1.807, 2.05) is 13.8 Å². The predicted octanol–water partition coefficient (Wildman–Crippen LogP) is 1.83. The fourth-order valence-electron chi connectivity index (χ4n) is 2.48. The highest BCUT2D eigenvalue weighted by atomic mass is 16.5. The van der Waals surface area contributed by atoms with Crippen molar-refractivity contribution in [3.63, 3.8) is 0 Å². The van der Waals surface area contributed by atoms with Crippen molar-refractivity contribution in [3.8, 4) is 0 Å². The van der Waals surface area contributed by atoms with Gasteiger partial charge in [-0.2, -0.15) is 0 Å². The van der Waals surface area contributed by atoms with Gasteiger partial charge in [-0.15, -0.1) is 0 Å². The minimum absolute atomic E-state index is 0.0117. The Hall–Kier alpha value is -1.98. The van der Waals surface area contributed by atoms with Crippen LogP contribution in [0.5, 0.6) is 0 Å². The first-order chi connectivity index (χ1) is 10.3. The monoisotopic (exact) mass is 309 g/mol.